The predicted molar refractivity (Wildman–Crippen MR) is 130 cm³/mol. The molecule has 0 aliphatic carbocycles. The van der Waals surface area contributed by atoms with Crippen LogP contribution < -0.4 is 4.90 Å². The van der Waals surface area contributed by atoms with Gasteiger partial charge in [0.1, 0.15) is 5.82 Å². The minimum Gasteiger partial charge on any atom is -0.337 e. The van der Waals surface area contributed by atoms with Gasteiger partial charge in [0.05, 0.1) is 16.5 Å². The van der Waals surface area contributed by atoms with Crippen LogP contribution in [0.2, 0.25) is 0 Å². The van der Waals surface area contributed by atoms with E-state index in [1.165, 1.54) is 17.7 Å². The van der Waals surface area contributed by atoms with Gasteiger partial charge in [0.25, 0.3) is 0 Å². The van der Waals surface area contributed by atoms with Gasteiger partial charge in [0.2, 0.25) is 5.91 Å². The van der Waals surface area contributed by atoms with Crippen LogP contribution in [-0.2, 0) is 17.8 Å². The molecule has 5 nitrogen and oxygen atoms in total. The number of carbonyl (C=O) groups is 1. The third-order valence-corrected chi connectivity index (χ3v) is 7.19. The van der Waals surface area contributed by atoms with Crippen molar-refractivity contribution in [2.75, 3.05) is 17.2 Å². The van der Waals surface area contributed by atoms with Crippen LogP contribution in [-0.4, -0.2) is 32.7 Å². The Kier molecular flexibility index (Phi) is 7.55. The number of anilines is 1. The van der Waals surface area contributed by atoms with E-state index in [-0.39, 0.29) is 11.7 Å². The number of aromatic nitrogens is 3. The van der Waals surface area contributed by atoms with Gasteiger partial charge in [-0.15, -0.1) is 11.8 Å². The molecule has 1 amide bonds. The molecule has 2 aromatic heterocycles. The number of hydrogen-bond acceptors (Lipinski definition) is 5. The van der Waals surface area contributed by atoms with Gasteiger partial charge in [0.15, 0.2) is 5.13 Å². The lowest BCUT2D eigenvalue weighted by atomic mass is 10.2. The summed E-state index contributed by atoms with van der Waals surface area (Å²) in [7, 11) is 0. The van der Waals surface area contributed by atoms with Crippen molar-refractivity contribution < 1.29 is 9.18 Å². The molecule has 0 unspecified atom stereocenters. The highest BCUT2D eigenvalue weighted by molar-refractivity contribution is 7.99. The zero-order chi connectivity index (χ0) is 22.3. The molecule has 32 heavy (non-hydrogen) atoms. The Morgan fingerprint density at radius 1 is 1.22 bits per heavy atom. The van der Waals surface area contributed by atoms with Crippen molar-refractivity contribution in [3.63, 3.8) is 0 Å². The number of aryl methyl sites for hydroxylation is 2. The molecule has 4 aromatic rings. The first kappa shape index (κ1) is 22.5. The highest BCUT2D eigenvalue weighted by Crippen LogP contribution is 2.31. The molecule has 0 fully saturated rings. The summed E-state index contributed by atoms with van der Waals surface area (Å²) >= 11 is 3.13. The highest BCUT2D eigenvalue weighted by atomic mass is 32.2. The van der Waals surface area contributed by atoms with Gasteiger partial charge in [-0.05, 0) is 54.8 Å². The number of thiazole rings is 1. The van der Waals surface area contributed by atoms with Crippen LogP contribution in [0.1, 0.15) is 25.3 Å². The molecule has 2 aromatic carbocycles. The Balaban J connectivity index is 1.45. The highest BCUT2D eigenvalue weighted by Gasteiger charge is 2.19. The zero-order valence-electron chi connectivity index (χ0n) is 17.9. The molecule has 166 valence electrons. The second-order valence-electron chi connectivity index (χ2n) is 7.40. The first-order valence-electron chi connectivity index (χ1n) is 10.7. The van der Waals surface area contributed by atoms with E-state index < -0.39 is 0 Å². The van der Waals surface area contributed by atoms with Crippen LogP contribution in [0.15, 0.2) is 66.1 Å². The maximum Gasteiger partial charge on any atom is 0.229 e. The Bertz CT molecular complexity index is 1160. The zero-order valence-corrected chi connectivity index (χ0v) is 19.5. The number of nitrogens with zero attached hydrogens (tertiary/aromatic N) is 4. The number of imidazole rings is 1. The normalized spacial score (nSPS) is 11.2. The summed E-state index contributed by atoms with van der Waals surface area (Å²) < 4.78 is 16.2. The van der Waals surface area contributed by atoms with Gasteiger partial charge in [-0.1, -0.05) is 24.3 Å². The number of hydrogen-bond donors (Lipinski definition) is 0. The fourth-order valence-electron chi connectivity index (χ4n) is 3.37. The van der Waals surface area contributed by atoms with E-state index in [4.69, 9.17) is 4.98 Å². The van der Waals surface area contributed by atoms with Gasteiger partial charge in [-0.25, -0.2) is 14.4 Å². The van der Waals surface area contributed by atoms with Gasteiger partial charge < -0.3 is 4.57 Å². The second-order valence-corrected chi connectivity index (χ2v) is 9.58. The first-order valence-corrected chi connectivity index (χ1v) is 12.5. The molecule has 0 saturated heterocycles. The van der Waals surface area contributed by atoms with Crippen molar-refractivity contribution in [3.05, 3.63) is 72.6 Å². The smallest absolute Gasteiger partial charge is 0.229 e. The molecule has 0 aliphatic rings. The topological polar surface area (TPSA) is 51.0 Å². The summed E-state index contributed by atoms with van der Waals surface area (Å²) in [4.78, 5) is 24.8. The third kappa shape index (κ3) is 5.75. The number of amides is 1. The third-order valence-electron chi connectivity index (χ3n) is 5.14. The van der Waals surface area contributed by atoms with Crippen LogP contribution in [0.5, 0.6) is 0 Å². The number of carbonyl (C=O) groups excluding carboxylic acids is 1. The minimum absolute atomic E-state index is 0.0556. The first-order chi connectivity index (χ1) is 15.6. The van der Waals surface area contributed by atoms with Crippen molar-refractivity contribution in [1.29, 1.82) is 0 Å². The Morgan fingerprint density at radius 3 is 2.81 bits per heavy atom. The van der Waals surface area contributed by atoms with Crippen molar-refractivity contribution in [2.24, 2.45) is 0 Å². The molecule has 0 bridgehead atoms. The van der Waals surface area contributed by atoms with Crippen LogP contribution in [0.4, 0.5) is 9.52 Å². The summed E-state index contributed by atoms with van der Waals surface area (Å²) in [6.45, 7) is 3.52. The number of fused-ring (bicyclic) bond motifs is 1. The van der Waals surface area contributed by atoms with E-state index in [1.54, 1.807) is 47.8 Å². The molecule has 2 heterocycles. The standard InChI is InChI=1S/C24H25FN4OS2/c1-2-18-4-9-21-22(16-18)32-24(27-21)29(13-3-12-28-14-11-26-17-28)23(30)10-15-31-20-7-5-19(25)6-8-20/h4-9,11,14,16-17H,2-3,10,12-13,15H2,1H3. The summed E-state index contributed by atoms with van der Waals surface area (Å²) in [5.41, 5.74) is 2.19. The predicted octanol–water partition coefficient (Wildman–Crippen LogP) is 5.80. The summed E-state index contributed by atoms with van der Waals surface area (Å²) in [5.74, 6) is 0.435. The van der Waals surface area contributed by atoms with Crippen molar-refractivity contribution in [1.82, 2.24) is 14.5 Å². The molecule has 8 heteroatoms. The van der Waals surface area contributed by atoms with Crippen LogP contribution in [0.3, 0.4) is 0 Å². The molecule has 0 saturated carbocycles. The van der Waals surface area contributed by atoms with E-state index in [2.05, 4.69) is 24.0 Å². The van der Waals surface area contributed by atoms with Gasteiger partial charge in [-0.3, -0.25) is 9.69 Å². The number of benzene rings is 2. The molecule has 0 spiro atoms. The van der Waals surface area contributed by atoms with Crippen LogP contribution in [0, 0.1) is 5.82 Å². The summed E-state index contributed by atoms with van der Waals surface area (Å²) in [6.07, 6.45) is 7.64. The molecule has 4 rings (SSSR count). The van der Waals surface area contributed by atoms with Crippen molar-refractivity contribution >= 4 is 44.4 Å². The lowest BCUT2D eigenvalue weighted by Gasteiger charge is -2.20. The van der Waals surface area contributed by atoms with E-state index >= 15 is 0 Å². The fourth-order valence-corrected chi connectivity index (χ4v) is 5.29. The molecular formula is C24H25FN4OS2. The fraction of sp³-hybridized carbons (Fsp3) is 0.292. The van der Waals surface area contributed by atoms with Gasteiger partial charge >= 0.3 is 0 Å². The van der Waals surface area contributed by atoms with Crippen LogP contribution >= 0.6 is 23.1 Å². The van der Waals surface area contributed by atoms with Crippen molar-refractivity contribution in [2.45, 2.75) is 37.6 Å². The average Bonchev–Trinajstić information content (AvgIpc) is 3.47. The SMILES string of the molecule is CCc1ccc2nc(N(CCCn3ccnc3)C(=O)CCSc3ccc(F)cc3)sc2c1. The maximum atomic E-state index is 13.2. The second kappa shape index (κ2) is 10.7. The molecule has 0 radical (unpaired) electrons. The van der Waals surface area contributed by atoms with E-state index in [0.717, 1.165) is 39.6 Å². The number of rotatable bonds is 10. The molecule has 0 aliphatic heterocycles. The van der Waals surface area contributed by atoms with Crippen molar-refractivity contribution in [3.8, 4) is 0 Å². The average molecular weight is 469 g/mol. The van der Waals surface area contributed by atoms with E-state index in [0.29, 0.717) is 18.7 Å². The number of halogens is 1. The summed E-state index contributed by atoms with van der Waals surface area (Å²) in [6, 6.07) is 12.7. The molecule has 0 N–H and O–H groups in total. The largest absolute Gasteiger partial charge is 0.337 e. The van der Waals surface area contributed by atoms with E-state index in [1.807, 2.05) is 21.7 Å². The summed E-state index contributed by atoms with van der Waals surface area (Å²) in [5, 5.41) is 0.746. The Hall–Kier alpha value is -2.71. The lowest BCUT2D eigenvalue weighted by molar-refractivity contribution is -0.118. The van der Waals surface area contributed by atoms with Gasteiger partial charge in [0, 0.05) is 42.6 Å². The minimum atomic E-state index is -0.253. The molecule has 0 atom stereocenters. The monoisotopic (exact) mass is 468 g/mol. The van der Waals surface area contributed by atoms with Crippen LogP contribution in [0.25, 0.3) is 10.2 Å². The number of thioether (sulfide) groups is 1. The van der Waals surface area contributed by atoms with Gasteiger partial charge in [-0.2, -0.15) is 0 Å². The van der Waals surface area contributed by atoms with E-state index in [9.17, 15) is 9.18 Å². The Labute approximate surface area is 195 Å². The lowest BCUT2D eigenvalue weighted by Crippen LogP contribution is -2.32. The Morgan fingerprint density at radius 2 is 2.06 bits per heavy atom. The quantitative estimate of drug-likeness (QED) is 0.276. The molecular weight excluding hydrogens is 443 g/mol. The maximum absolute atomic E-state index is 13.2.